The maximum atomic E-state index is 12.3. The summed E-state index contributed by atoms with van der Waals surface area (Å²) < 4.78 is 5.93. The van der Waals surface area contributed by atoms with Crippen molar-refractivity contribution in [2.45, 2.75) is 0 Å². The van der Waals surface area contributed by atoms with Gasteiger partial charge in [-0.15, -0.1) is 0 Å². The topological polar surface area (TPSA) is 92.5 Å². The highest BCUT2D eigenvalue weighted by Gasteiger charge is 2.25. The molecule has 0 radical (unpaired) electrons. The summed E-state index contributed by atoms with van der Waals surface area (Å²) in [5.74, 6) is -0.0957. The highest BCUT2D eigenvalue weighted by atomic mass is 32.2. The summed E-state index contributed by atoms with van der Waals surface area (Å²) in [5.41, 5.74) is 2.68. The number of benzene rings is 1. The van der Waals surface area contributed by atoms with Crippen LogP contribution in [0.5, 0.6) is 0 Å². The number of nitrogens with zero attached hydrogens (tertiary/aromatic N) is 2. The van der Waals surface area contributed by atoms with Crippen LogP contribution in [0, 0.1) is 0 Å². The third kappa shape index (κ3) is 3.29. The van der Waals surface area contributed by atoms with Gasteiger partial charge < -0.3 is 9.32 Å². The van der Waals surface area contributed by atoms with E-state index in [1.54, 1.807) is 44.7 Å². The van der Waals surface area contributed by atoms with Gasteiger partial charge in [0.1, 0.15) is 11.3 Å². The molecule has 1 aromatic carbocycles. The second-order valence-corrected chi connectivity index (χ2v) is 7.40. The number of aromatic nitrogens is 1. The highest BCUT2D eigenvalue weighted by Crippen LogP contribution is 2.33. The van der Waals surface area contributed by atoms with Crippen molar-refractivity contribution in [1.82, 2.24) is 15.2 Å². The molecule has 1 aliphatic rings. The zero-order valence-electron chi connectivity index (χ0n) is 15.1. The number of hydrogen-bond acceptors (Lipinski definition) is 6. The van der Waals surface area contributed by atoms with E-state index in [1.165, 1.54) is 11.0 Å². The lowest BCUT2D eigenvalue weighted by Crippen LogP contribution is -2.21. The van der Waals surface area contributed by atoms with Crippen molar-refractivity contribution in [3.63, 3.8) is 0 Å². The van der Waals surface area contributed by atoms with Crippen molar-refractivity contribution in [2.75, 3.05) is 14.1 Å². The molecule has 1 fully saturated rings. The number of fused-ring (bicyclic) bond motifs is 1. The molecule has 7 nitrogen and oxygen atoms in total. The first-order valence-corrected chi connectivity index (χ1v) is 9.18. The number of thioether (sulfide) groups is 1. The third-order valence-electron chi connectivity index (χ3n) is 4.18. The minimum absolute atomic E-state index is 0.0965. The lowest BCUT2D eigenvalue weighted by molar-refractivity contribution is -0.115. The second-order valence-electron chi connectivity index (χ2n) is 6.39. The molecule has 1 N–H and O–H groups in total. The molecule has 0 atom stereocenters. The Balaban J connectivity index is 1.77. The van der Waals surface area contributed by atoms with Crippen molar-refractivity contribution in [3.8, 4) is 11.1 Å². The summed E-state index contributed by atoms with van der Waals surface area (Å²) >= 11 is 0.831. The molecule has 3 aromatic rings. The molecule has 0 bridgehead atoms. The van der Waals surface area contributed by atoms with Crippen molar-refractivity contribution in [3.05, 3.63) is 59.0 Å². The van der Waals surface area contributed by atoms with Crippen LogP contribution in [-0.2, 0) is 4.79 Å². The summed E-state index contributed by atoms with van der Waals surface area (Å²) in [7, 11) is 3.40. The van der Waals surface area contributed by atoms with E-state index in [4.69, 9.17) is 4.42 Å². The van der Waals surface area contributed by atoms with Gasteiger partial charge in [-0.3, -0.25) is 24.7 Å². The molecule has 8 heteroatoms. The Kier molecular flexibility index (Phi) is 4.48. The van der Waals surface area contributed by atoms with Crippen LogP contribution in [0.15, 0.2) is 52.0 Å². The van der Waals surface area contributed by atoms with Crippen molar-refractivity contribution in [1.29, 1.82) is 0 Å². The van der Waals surface area contributed by atoms with Crippen LogP contribution < -0.4 is 5.32 Å². The molecule has 28 heavy (non-hydrogen) atoms. The molecule has 1 saturated heterocycles. The molecule has 3 amide bonds. The van der Waals surface area contributed by atoms with Gasteiger partial charge in [0.25, 0.3) is 17.1 Å². The second kappa shape index (κ2) is 6.97. The highest BCUT2D eigenvalue weighted by molar-refractivity contribution is 8.18. The summed E-state index contributed by atoms with van der Waals surface area (Å²) in [5, 5.41) is 2.56. The Bertz CT molecular complexity index is 1160. The first-order valence-electron chi connectivity index (χ1n) is 8.37. The third-order valence-corrected chi connectivity index (χ3v) is 4.99. The predicted octanol–water partition coefficient (Wildman–Crippen LogP) is 3.52. The smallest absolute Gasteiger partial charge is 0.290 e. The van der Waals surface area contributed by atoms with Crippen LogP contribution in [0.1, 0.15) is 16.1 Å². The van der Waals surface area contributed by atoms with E-state index in [-0.39, 0.29) is 10.8 Å². The molecule has 1 aliphatic heterocycles. The van der Waals surface area contributed by atoms with Gasteiger partial charge in [-0.2, -0.15) is 0 Å². The van der Waals surface area contributed by atoms with Gasteiger partial charge in [-0.05, 0) is 35.5 Å². The summed E-state index contributed by atoms with van der Waals surface area (Å²) in [4.78, 5) is 41.4. The summed E-state index contributed by atoms with van der Waals surface area (Å²) in [6.45, 7) is 0. The Hall–Kier alpha value is -3.39. The van der Waals surface area contributed by atoms with Crippen molar-refractivity contribution in [2.24, 2.45) is 0 Å². The van der Waals surface area contributed by atoms with Crippen LogP contribution >= 0.6 is 11.8 Å². The fourth-order valence-corrected chi connectivity index (χ4v) is 3.55. The number of carbonyl (C=O) groups excluding carboxylic acids is 3. The molecule has 0 unspecified atom stereocenters. The SMILES string of the molecule is CN(C)C(=O)c1cccc(-c2cncc3cc(/C=C4/SC(=O)NC4=O)oc23)c1. The van der Waals surface area contributed by atoms with E-state index < -0.39 is 11.1 Å². The fraction of sp³-hybridized carbons (Fsp3) is 0.100. The van der Waals surface area contributed by atoms with Crippen LogP contribution in [0.3, 0.4) is 0 Å². The number of imide groups is 1. The normalized spacial score (nSPS) is 15.3. The molecule has 0 aliphatic carbocycles. The summed E-state index contributed by atoms with van der Waals surface area (Å²) in [6, 6.07) is 8.98. The van der Waals surface area contributed by atoms with Crippen LogP contribution in [0.2, 0.25) is 0 Å². The Labute approximate surface area is 164 Å². The van der Waals surface area contributed by atoms with Crippen LogP contribution in [0.4, 0.5) is 4.79 Å². The lowest BCUT2D eigenvalue weighted by atomic mass is 10.0. The van der Waals surface area contributed by atoms with Crippen LogP contribution in [0.25, 0.3) is 28.2 Å². The van der Waals surface area contributed by atoms with E-state index in [0.717, 1.165) is 28.3 Å². The molecule has 3 heterocycles. The molecule has 4 rings (SSSR count). The van der Waals surface area contributed by atoms with E-state index in [0.29, 0.717) is 16.9 Å². The Morgan fingerprint density at radius 3 is 2.75 bits per heavy atom. The number of hydrogen-bond donors (Lipinski definition) is 1. The van der Waals surface area contributed by atoms with E-state index in [1.807, 2.05) is 12.1 Å². The maximum absolute atomic E-state index is 12.3. The van der Waals surface area contributed by atoms with Gasteiger partial charge in [0.2, 0.25) is 0 Å². The van der Waals surface area contributed by atoms with Gasteiger partial charge in [0.05, 0.1) is 4.91 Å². The standard InChI is InChI=1S/C20H15N3O4S/c1-23(2)19(25)12-5-3-4-11(6-12)15-10-21-9-13-7-14(27-17(13)15)8-16-18(24)22-20(26)28-16/h3-10H,1-2H3,(H,22,24,26)/b16-8+. The van der Waals surface area contributed by atoms with E-state index >= 15 is 0 Å². The molecule has 2 aromatic heterocycles. The quantitative estimate of drug-likeness (QED) is 0.685. The average molecular weight is 393 g/mol. The predicted molar refractivity (Wildman–Crippen MR) is 107 cm³/mol. The minimum atomic E-state index is -0.441. The zero-order valence-corrected chi connectivity index (χ0v) is 15.9. The molecular formula is C20H15N3O4S. The van der Waals surface area contributed by atoms with Crippen molar-refractivity contribution >= 4 is 45.9 Å². The number of nitrogens with one attached hydrogen (secondary N) is 1. The maximum Gasteiger partial charge on any atom is 0.290 e. The lowest BCUT2D eigenvalue weighted by Gasteiger charge is -2.11. The van der Waals surface area contributed by atoms with E-state index in [9.17, 15) is 14.4 Å². The average Bonchev–Trinajstić information content (AvgIpc) is 3.22. The number of rotatable bonds is 3. The van der Waals surface area contributed by atoms with Gasteiger partial charge >= 0.3 is 0 Å². The number of carbonyl (C=O) groups is 3. The summed E-state index contributed by atoms with van der Waals surface area (Å²) in [6.07, 6.45) is 4.86. The van der Waals surface area contributed by atoms with Crippen molar-refractivity contribution < 1.29 is 18.8 Å². The number of pyridine rings is 1. The molecular weight excluding hydrogens is 378 g/mol. The van der Waals surface area contributed by atoms with E-state index in [2.05, 4.69) is 10.3 Å². The largest absolute Gasteiger partial charge is 0.456 e. The van der Waals surface area contributed by atoms with Gasteiger partial charge in [-0.25, -0.2) is 0 Å². The van der Waals surface area contributed by atoms with Gasteiger partial charge in [-0.1, -0.05) is 12.1 Å². The molecule has 0 spiro atoms. The van der Waals surface area contributed by atoms with Gasteiger partial charge in [0, 0.05) is 49.1 Å². The minimum Gasteiger partial charge on any atom is -0.456 e. The Morgan fingerprint density at radius 1 is 1.21 bits per heavy atom. The molecule has 0 saturated carbocycles. The Morgan fingerprint density at radius 2 is 2.04 bits per heavy atom. The monoisotopic (exact) mass is 393 g/mol. The molecule has 140 valence electrons. The first kappa shape index (κ1) is 18.0. The first-order chi connectivity index (χ1) is 13.4. The van der Waals surface area contributed by atoms with Crippen LogP contribution in [-0.4, -0.2) is 41.0 Å². The number of amides is 3. The number of furan rings is 1. The van der Waals surface area contributed by atoms with Gasteiger partial charge in [0.15, 0.2) is 0 Å². The zero-order chi connectivity index (χ0) is 19.8. The fourth-order valence-electron chi connectivity index (χ4n) is 2.89.